The van der Waals surface area contributed by atoms with Gasteiger partial charge in [0, 0.05) is 17.5 Å². The number of benzene rings is 1. The molecule has 0 unspecified atom stereocenters. The summed E-state index contributed by atoms with van der Waals surface area (Å²) in [6.07, 6.45) is 1.03. The second-order valence-corrected chi connectivity index (χ2v) is 7.68. The molecule has 0 aromatic heterocycles. The lowest BCUT2D eigenvalue weighted by Crippen LogP contribution is -2.43. The molecular weight excluding hydrogens is 284 g/mol. The van der Waals surface area contributed by atoms with Crippen molar-refractivity contribution in [3.05, 3.63) is 29.8 Å². The molecule has 0 saturated carbocycles. The number of sulfone groups is 1. The number of rotatable bonds is 4. The van der Waals surface area contributed by atoms with Gasteiger partial charge in [0.15, 0.2) is 9.84 Å². The van der Waals surface area contributed by atoms with Crippen molar-refractivity contribution in [3.8, 4) is 0 Å². The van der Waals surface area contributed by atoms with E-state index in [1.54, 1.807) is 24.3 Å². The molecule has 0 bridgehead atoms. The average molecular weight is 300 g/mol. The predicted molar refractivity (Wildman–Crippen MR) is 79.9 cm³/mol. The monoisotopic (exact) mass is 300 g/mol. The summed E-state index contributed by atoms with van der Waals surface area (Å²) in [4.78, 5) is 12.2. The predicted octanol–water partition coefficient (Wildman–Crippen LogP) is 1.08. The van der Waals surface area contributed by atoms with Crippen molar-refractivity contribution < 1.29 is 13.2 Å². The van der Waals surface area contributed by atoms with Crippen LogP contribution >= 0.6 is 12.2 Å². The Labute approximate surface area is 118 Å². The molecule has 0 aliphatic heterocycles. The summed E-state index contributed by atoms with van der Waals surface area (Å²) >= 11 is 4.81. The molecule has 0 aliphatic carbocycles. The second kappa shape index (κ2) is 5.26. The van der Waals surface area contributed by atoms with E-state index in [4.69, 9.17) is 18.0 Å². The minimum atomic E-state index is -3.50. The van der Waals surface area contributed by atoms with Crippen LogP contribution in [-0.4, -0.2) is 30.3 Å². The topological polar surface area (TPSA) is 89.3 Å². The summed E-state index contributed by atoms with van der Waals surface area (Å²) in [5.41, 5.74) is 6.62. The fraction of sp³-hybridized carbons (Fsp3) is 0.333. The molecule has 5 nitrogen and oxygen atoms in total. The van der Waals surface area contributed by atoms with Gasteiger partial charge < -0.3 is 11.1 Å². The largest absolute Gasteiger partial charge is 0.389 e. The number of carbonyl (C=O) groups is 1. The minimum Gasteiger partial charge on any atom is -0.389 e. The zero-order chi connectivity index (χ0) is 14.8. The quantitative estimate of drug-likeness (QED) is 0.812. The Morgan fingerprint density at radius 1 is 1.26 bits per heavy atom. The molecule has 1 aromatic rings. The van der Waals surface area contributed by atoms with E-state index in [9.17, 15) is 13.2 Å². The standard InChI is InChI=1S/C12H16N2O3S2/c1-12(2,19(3,16)17)11(15)14-9-6-4-8(5-7-9)10(13)18/h4-7H,1-3H3,(H2,13,18)(H,14,15). The zero-order valence-corrected chi connectivity index (χ0v) is 12.6. The molecule has 7 heteroatoms. The lowest BCUT2D eigenvalue weighted by atomic mass is 10.1. The normalized spacial score (nSPS) is 11.9. The van der Waals surface area contributed by atoms with Gasteiger partial charge >= 0.3 is 0 Å². The minimum absolute atomic E-state index is 0.259. The Balaban J connectivity index is 2.92. The van der Waals surface area contributed by atoms with E-state index in [2.05, 4.69) is 5.32 Å². The molecule has 0 aliphatic rings. The van der Waals surface area contributed by atoms with Crippen molar-refractivity contribution in [2.75, 3.05) is 11.6 Å². The van der Waals surface area contributed by atoms with Crippen LogP contribution in [0.1, 0.15) is 19.4 Å². The highest BCUT2D eigenvalue weighted by Gasteiger charge is 2.38. The third kappa shape index (κ3) is 3.51. The van der Waals surface area contributed by atoms with E-state index >= 15 is 0 Å². The highest BCUT2D eigenvalue weighted by molar-refractivity contribution is 7.92. The number of hydrogen-bond acceptors (Lipinski definition) is 4. The van der Waals surface area contributed by atoms with E-state index < -0.39 is 20.5 Å². The Hall–Kier alpha value is -1.47. The van der Waals surface area contributed by atoms with Gasteiger partial charge in [0.25, 0.3) is 0 Å². The Kier molecular flexibility index (Phi) is 4.32. The summed E-state index contributed by atoms with van der Waals surface area (Å²) < 4.78 is 21.6. The first-order valence-electron chi connectivity index (χ1n) is 5.46. The Morgan fingerprint density at radius 2 is 1.74 bits per heavy atom. The van der Waals surface area contributed by atoms with Crippen molar-refractivity contribution in [2.45, 2.75) is 18.6 Å². The van der Waals surface area contributed by atoms with E-state index in [1.807, 2.05) is 0 Å². The van der Waals surface area contributed by atoms with Crippen LogP contribution in [0.5, 0.6) is 0 Å². The van der Waals surface area contributed by atoms with Gasteiger partial charge in [-0.05, 0) is 38.1 Å². The molecule has 0 spiro atoms. The summed E-state index contributed by atoms with van der Waals surface area (Å²) in [6.45, 7) is 2.72. The number of carbonyl (C=O) groups excluding carboxylic acids is 1. The van der Waals surface area contributed by atoms with Crippen LogP contribution in [0.15, 0.2) is 24.3 Å². The third-order valence-electron chi connectivity index (χ3n) is 2.90. The number of anilines is 1. The fourth-order valence-electron chi connectivity index (χ4n) is 1.17. The van der Waals surface area contributed by atoms with Crippen LogP contribution in [0.2, 0.25) is 0 Å². The van der Waals surface area contributed by atoms with Gasteiger partial charge in [-0.1, -0.05) is 12.2 Å². The molecule has 19 heavy (non-hydrogen) atoms. The summed E-state index contributed by atoms with van der Waals surface area (Å²) in [5, 5.41) is 2.55. The molecular formula is C12H16N2O3S2. The van der Waals surface area contributed by atoms with Crippen molar-refractivity contribution in [1.82, 2.24) is 0 Å². The van der Waals surface area contributed by atoms with Gasteiger partial charge in [0.05, 0.1) is 0 Å². The maximum Gasteiger partial charge on any atom is 0.245 e. The maximum atomic E-state index is 12.0. The number of nitrogens with one attached hydrogen (secondary N) is 1. The van der Waals surface area contributed by atoms with Gasteiger partial charge in [0.1, 0.15) is 9.74 Å². The highest BCUT2D eigenvalue weighted by atomic mass is 32.2. The molecule has 0 fully saturated rings. The van der Waals surface area contributed by atoms with E-state index in [-0.39, 0.29) is 4.99 Å². The van der Waals surface area contributed by atoms with Crippen molar-refractivity contribution >= 4 is 38.6 Å². The maximum absolute atomic E-state index is 12.0. The first-order valence-corrected chi connectivity index (χ1v) is 7.76. The summed E-state index contributed by atoms with van der Waals surface area (Å²) in [6, 6.07) is 6.55. The average Bonchev–Trinajstić information content (AvgIpc) is 2.28. The zero-order valence-electron chi connectivity index (χ0n) is 10.9. The van der Waals surface area contributed by atoms with Crippen LogP contribution in [0, 0.1) is 0 Å². The van der Waals surface area contributed by atoms with Crippen LogP contribution in [0.25, 0.3) is 0 Å². The smallest absolute Gasteiger partial charge is 0.245 e. The van der Waals surface area contributed by atoms with E-state index in [1.165, 1.54) is 13.8 Å². The van der Waals surface area contributed by atoms with Crippen LogP contribution in [0.4, 0.5) is 5.69 Å². The van der Waals surface area contributed by atoms with Gasteiger partial charge in [0.2, 0.25) is 5.91 Å². The molecule has 1 amide bonds. The third-order valence-corrected chi connectivity index (χ3v) is 5.18. The molecule has 104 valence electrons. The number of nitrogens with two attached hydrogens (primary N) is 1. The van der Waals surface area contributed by atoms with Crippen LogP contribution < -0.4 is 11.1 Å². The van der Waals surface area contributed by atoms with Gasteiger partial charge in [-0.3, -0.25) is 4.79 Å². The number of amides is 1. The lowest BCUT2D eigenvalue weighted by molar-refractivity contribution is -0.117. The fourth-order valence-corrected chi connectivity index (χ4v) is 1.69. The van der Waals surface area contributed by atoms with Crippen LogP contribution in [-0.2, 0) is 14.6 Å². The lowest BCUT2D eigenvalue weighted by Gasteiger charge is -2.21. The van der Waals surface area contributed by atoms with E-state index in [0.29, 0.717) is 11.3 Å². The first-order chi connectivity index (χ1) is 8.55. The molecule has 0 radical (unpaired) electrons. The molecule has 0 saturated heterocycles. The first kappa shape index (κ1) is 15.6. The Bertz CT molecular complexity index is 604. The van der Waals surface area contributed by atoms with Crippen LogP contribution in [0.3, 0.4) is 0 Å². The summed E-state index contributed by atoms with van der Waals surface area (Å²) in [5.74, 6) is -0.585. The van der Waals surface area contributed by atoms with E-state index in [0.717, 1.165) is 6.26 Å². The number of thiocarbonyl (C=S) groups is 1. The van der Waals surface area contributed by atoms with Gasteiger partial charge in [-0.25, -0.2) is 8.42 Å². The molecule has 3 N–H and O–H groups in total. The SMILES string of the molecule is CC(C)(C(=O)Nc1ccc(C(N)=S)cc1)S(C)(=O)=O. The summed E-state index contributed by atoms with van der Waals surface area (Å²) in [7, 11) is -3.50. The number of hydrogen-bond donors (Lipinski definition) is 2. The van der Waals surface area contributed by atoms with Crippen molar-refractivity contribution in [2.24, 2.45) is 5.73 Å². The molecule has 0 heterocycles. The molecule has 0 atom stereocenters. The molecule has 1 aromatic carbocycles. The van der Waals surface area contributed by atoms with Gasteiger partial charge in [-0.2, -0.15) is 0 Å². The van der Waals surface area contributed by atoms with Crippen molar-refractivity contribution in [3.63, 3.8) is 0 Å². The molecule has 1 rings (SSSR count). The second-order valence-electron chi connectivity index (χ2n) is 4.68. The van der Waals surface area contributed by atoms with Gasteiger partial charge in [-0.15, -0.1) is 0 Å². The van der Waals surface area contributed by atoms with Crippen molar-refractivity contribution in [1.29, 1.82) is 0 Å². The highest BCUT2D eigenvalue weighted by Crippen LogP contribution is 2.18. The Morgan fingerprint density at radius 3 is 2.11 bits per heavy atom.